The minimum absolute atomic E-state index is 0.158. The van der Waals surface area contributed by atoms with E-state index in [9.17, 15) is 4.79 Å². The number of hydrogen-bond acceptors (Lipinski definition) is 3. The zero-order valence-corrected chi connectivity index (χ0v) is 15.0. The molecule has 2 heterocycles. The average molecular weight is 398 g/mol. The first-order chi connectivity index (χ1) is 12.2. The summed E-state index contributed by atoms with van der Waals surface area (Å²) in [5.74, 6) is 0.824. The van der Waals surface area contributed by atoms with E-state index in [0.29, 0.717) is 25.4 Å². The first-order valence-electron chi connectivity index (χ1n) is 8.00. The Morgan fingerprint density at radius 3 is 3.00 bits per heavy atom. The minimum atomic E-state index is -0.158. The van der Waals surface area contributed by atoms with Gasteiger partial charge in [0.15, 0.2) is 0 Å². The van der Waals surface area contributed by atoms with Crippen molar-refractivity contribution in [3.05, 3.63) is 64.9 Å². The van der Waals surface area contributed by atoms with E-state index in [0.717, 1.165) is 26.6 Å². The number of aromatic nitrogens is 1. The number of nitrogens with zero attached hydrogens (tertiary/aromatic N) is 2. The van der Waals surface area contributed by atoms with Crippen molar-refractivity contribution in [3.63, 3.8) is 0 Å². The number of carbonyl (C=O) groups excluding carboxylic acids is 1. The Balaban J connectivity index is 1.58. The standard InChI is InChI=1S/C19H16BrN3O2/c20-15-5-6-18-14(9-15)12-23(7-8-25-18)19(24)22-17-11-21-10-13-3-1-2-4-16(13)17/h1-6,9-11H,7-8,12H2,(H,22,24). The van der Waals surface area contributed by atoms with Crippen molar-refractivity contribution in [1.29, 1.82) is 0 Å². The summed E-state index contributed by atoms with van der Waals surface area (Å²) in [5.41, 5.74) is 1.70. The number of hydrogen-bond donors (Lipinski definition) is 1. The maximum Gasteiger partial charge on any atom is 0.322 e. The molecule has 0 radical (unpaired) electrons. The highest BCUT2D eigenvalue weighted by Crippen LogP contribution is 2.27. The first-order valence-corrected chi connectivity index (χ1v) is 8.80. The average Bonchev–Trinajstić information content (AvgIpc) is 2.84. The predicted molar refractivity (Wildman–Crippen MR) is 101 cm³/mol. The molecule has 0 aliphatic carbocycles. The lowest BCUT2D eigenvalue weighted by atomic mass is 10.1. The topological polar surface area (TPSA) is 54.5 Å². The van der Waals surface area contributed by atoms with Crippen LogP contribution in [0.3, 0.4) is 0 Å². The van der Waals surface area contributed by atoms with E-state index in [1.807, 2.05) is 42.5 Å². The largest absolute Gasteiger partial charge is 0.491 e. The van der Waals surface area contributed by atoms with Crippen molar-refractivity contribution >= 4 is 38.4 Å². The number of rotatable bonds is 1. The predicted octanol–water partition coefficient (Wildman–Crippen LogP) is 4.42. The molecule has 2 aromatic carbocycles. The lowest BCUT2D eigenvalue weighted by Crippen LogP contribution is -2.36. The fourth-order valence-corrected chi connectivity index (χ4v) is 3.36. The quantitative estimate of drug-likeness (QED) is 0.660. The summed E-state index contributed by atoms with van der Waals surface area (Å²) in [5, 5.41) is 4.95. The second kappa shape index (κ2) is 6.72. The van der Waals surface area contributed by atoms with Gasteiger partial charge in [-0.15, -0.1) is 0 Å². The van der Waals surface area contributed by atoms with Gasteiger partial charge in [0.05, 0.1) is 25.0 Å². The normalized spacial score (nSPS) is 13.7. The van der Waals surface area contributed by atoms with E-state index in [1.165, 1.54) is 0 Å². The molecule has 6 heteroatoms. The molecule has 126 valence electrons. The number of carbonyl (C=O) groups is 1. The summed E-state index contributed by atoms with van der Waals surface area (Å²) in [6.45, 7) is 1.49. The summed E-state index contributed by atoms with van der Waals surface area (Å²) in [4.78, 5) is 18.7. The number of nitrogens with one attached hydrogen (secondary N) is 1. The first kappa shape index (κ1) is 15.9. The third-order valence-electron chi connectivity index (χ3n) is 4.20. The minimum Gasteiger partial charge on any atom is -0.491 e. The fourth-order valence-electron chi connectivity index (χ4n) is 2.95. The molecule has 0 atom stereocenters. The lowest BCUT2D eigenvalue weighted by molar-refractivity contribution is 0.200. The van der Waals surface area contributed by atoms with Gasteiger partial charge in [0.25, 0.3) is 0 Å². The van der Waals surface area contributed by atoms with Crippen molar-refractivity contribution in [2.45, 2.75) is 6.54 Å². The van der Waals surface area contributed by atoms with Gasteiger partial charge in [-0.1, -0.05) is 40.2 Å². The molecular weight excluding hydrogens is 382 g/mol. The number of ether oxygens (including phenoxy) is 1. The van der Waals surface area contributed by atoms with E-state index >= 15 is 0 Å². The van der Waals surface area contributed by atoms with Gasteiger partial charge in [-0.25, -0.2) is 4.79 Å². The van der Waals surface area contributed by atoms with Crippen LogP contribution in [0.4, 0.5) is 10.5 Å². The van der Waals surface area contributed by atoms with Crippen LogP contribution >= 0.6 is 15.9 Å². The molecule has 0 spiro atoms. The molecule has 0 fully saturated rings. The molecule has 5 nitrogen and oxygen atoms in total. The van der Waals surface area contributed by atoms with E-state index < -0.39 is 0 Å². The Hall–Kier alpha value is -2.60. The van der Waals surface area contributed by atoms with Gasteiger partial charge in [0.2, 0.25) is 0 Å². The van der Waals surface area contributed by atoms with E-state index in [4.69, 9.17) is 4.74 Å². The third kappa shape index (κ3) is 3.30. The summed E-state index contributed by atoms with van der Waals surface area (Å²) in [7, 11) is 0. The lowest BCUT2D eigenvalue weighted by Gasteiger charge is -2.21. The van der Waals surface area contributed by atoms with Crippen molar-refractivity contribution in [2.75, 3.05) is 18.5 Å². The summed E-state index contributed by atoms with van der Waals surface area (Å²) in [6.07, 6.45) is 3.47. The Labute approximate surface area is 153 Å². The number of anilines is 1. The second-order valence-corrected chi connectivity index (χ2v) is 6.78. The van der Waals surface area contributed by atoms with Crippen molar-refractivity contribution in [1.82, 2.24) is 9.88 Å². The molecule has 25 heavy (non-hydrogen) atoms. The Morgan fingerprint density at radius 1 is 1.20 bits per heavy atom. The summed E-state index contributed by atoms with van der Waals surface area (Å²) < 4.78 is 6.72. The molecule has 0 saturated heterocycles. The van der Waals surface area contributed by atoms with Crippen molar-refractivity contribution in [2.24, 2.45) is 0 Å². The maximum atomic E-state index is 12.8. The Kier molecular flexibility index (Phi) is 4.28. The highest BCUT2D eigenvalue weighted by atomic mass is 79.9. The molecule has 1 aliphatic rings. The maximum absolute atomic E-state index is 12.8. The van der Waals surface area contributed by atoms with Gasteiger partial charge in [-0.3, -0.25) is 4.98 Å². The number of halogens is 1. The van der Waals surface area contributed by atoms with Gasteiger partial charge in [-0.05, 0) is 18.2 Å². The van der Waals surface area contributed by atoms with Crippen molar-refractivity contribution in [3.8, 4) is 5.75 Å². The van der Waals surface area contributed by atoms with Crippen LogP contribution in [0, 0.1) is 0 Å². The van der Waals surface area contributed by atoms with Gasteiger partial charge < -0.3 is 15.0 Å². The van der Waals surface area contributed by atoms with Crippen LogP contribution in [0.15, 0.2) is 59.3 Å². The zero-order chi connectivity index (χ0) is 17.2. The number of amides is 2. The summed E-state index contributed by atoms with van der Waals surface area (Å²) in [6, 6.07) is 13.6. The molecule has 2 amide bonds. The Morgan fingerprint density at radius 2 is 2.08 bits per heavy atom. The SMILES string of the molecule is O=C(Nc1cncc2ccccc12)N1CCOc2ccc(Br)cc2C1. The molecule has 1 aliphatic heterocycles. The van der Waals surface area contributed by atoms with Crippen LogP contribution < -0.4 is 10.1 Å². The van der Waals surface area contributed by atoms with E-state index in [1.54, 1.807) is 17.3 Å². The van der Waals surface area contributed by atoms with Crippen LogP contribution in [0.25, 0.3) is 10.8 Å². The number of fused-ring (bicyclic) bond motifs is 2. The smallest absolute Gasteiger partial charge is 0.322 e. The number of benzene rings is 2. The van der Waals surface area contributed by atoms with Gasteiger partial charge in [0, 0.05) is 27.0 Å². The molecule has 4 rings (SSSR count). The number of pyridine rings is 1. The molecule has 3 aromatic rings. The highest BCUT2D eigenvalue weighted by molar-refractivity contribution is 9.10. The molecule has 1 N–H and O–H groups in total. The van der Waals surface area contributed by atoms with E-state index in [2.05, 4.69) is 26.2 Å². The van der Waals surface area contributed by atoms with Crippen LogP contribution in [-0.4, -0.2) is 29.1 Å². The molecular formula is C19H16BrN3O2. The highest BCUT2D eigenvalue weighted by Gasteiger charge is 2.20. The zero-order valence-electron chi connectivity index (χ0n) is 13.4. The van der Waals surface area contributed by atoms with Gasteiger partial charge in [-0.2, -0.15) is 0 Å². The van der Waals surface area contributed by atoms with Crippen molar-refractivity contribution < 1.29 is 9.53 Å². The van der Waals surface area contributed by atoms with Gasteiger partial charge in [0.1, 0.15) is 12.4 Å². The second-order valence-electron chi connectivity index (χ2n) is 5.86. The van der Waals surface area contributed by atoms with Crippen LogP contribution in [-0.2, 0) is 6.54 Å². The number of urea groups is 1. The van der Waals surface area contributed by atoms with Gasteiger partial charge >= 0.3 is 6.03 Å². The van der Waals surface area contributed by atoms with Crippen LogP contribution in [0.1, 0.15) is 5.56 Å². The van der Waals surface area contributed by atoms with Crippen LogP contribution in [0.2, 0.25) is 0 Å². The molecule has 0 saturated carbocycles. The Bertz CT molecular complexity index is 940. The monoisotopic (exact) mass is 397 g/mol. The molecule has 0 unspecified atom stereocenters. The third-order valence-corrected chi connectivity index (χ3v) is 4.69. The fraction of sp³-hybridized carbons (Fsp3) is 0.158. The molecule has 0 bridgehead atoms. The summed E-state index contributed by atoms with van der Waals surface area (Å²) >= 11 is 3.47. The van der Waals surface area contributed by atoms with Crippen LogP contribution in [0.5, 0.6) is 5.75 Å². The van der Waals surface area contributed by atoms with E-state index in [-0.39, 0.29) is 6.03 Å². The molecule has 1 aromatic heterocycles.